The summed E-state index contributed by atoms with van der Waals surface area (Å²) in [4.78, 5) is 73.9. The Hall–Kier alpha value is -3.79. The van der Waals surface area contributed by atoms with E-state index in [4.69, 9.17) is 14.6 Å². The van der Waals surface area contributed by atoms with Crippen molar-refractivity contribution in [3.8, 4) is 0 Å². The fourth-order valence-electron chi connectivity index (χ4n) is 4.83. The Kier molecular flexibility index (Phi) is 31.1. The zero-order valence-corrected chi connectivity index (χ0v) is 29.7. The number of carboxylic acids is 2. The van der Waals surface area contributed by atoms with Crippen molar-refractivity contribution in [3.05, 3.63) is 0 Å². The van der Waals surface area contributed by atoms with Crippen LogP contribution in [0, 0.1) is 0 Å². The van der Waals surface area contributed by atoms with Crippen molar-refractivity contribution in [1.29, 1.82) is 0 Å². The molecule has 288 valence electrons. The lowest BCUT2D eigenvalue weighted by Crippen LogP contribution is -2.41. The van der Waals surface area contributed by atoms with Gasteiger partial charge in [-0.2, -0.15) is 0 Å². The quantitative estimate of drug-likeness (QED) is 0.0314. The first-order valence-electron chi connectivity index (χ1n) is 17.9. The highest BCUT2D eigenvalue weighted by molar-refractivity contribution is 5.84. The number of aliphatic carboxylic acids is 2. The molecule has 0 saturated carbocycles. The lowest BCUT2D eigenvalue weighted by Gasteiger charge is -2.14. The summed E-state index contributed by atoms with van der Waals surface area (Å²) in [6, 6.07) is -1.14. The second-order valence-corrected chi connectivity index (χ2v) is 12.0. The molecule has 0 aliphatic rings. The molecule has 0 fully saturated rings. The summed E-state index contributed by atoms with van der Waals surface area (Å²) in [6.45, 7) is 3.87. The largest absolute Gasteiger partial charge is 0.481 e. The van der Waals surface area contributed by atoms with Gasteiger partial charge in [-0.1, -0.05) is 77.0 Å². The molecule has 16 nitrogen and oxygen atoms in total. The Bertz CT molecular complexity index is 968. The van der Waals surface area contributed by atoms with Gasteiger partial charge in [0.25, 0.3) is 5.91 Å². The summed E-state index contributed by atoms with van der Waals surface area (Å²) in [5, 5.41) is 31.4. The van der Waals surface area contributed by atoms with Crippen molar-refractivity contribution in [3.63, 3.8) is 0 Å². The van der Waals surface area contributed by atoms with Crippen LogP contribution in [0.1, 0.15) is 116 Å². The maximum Gasteiger partial charge on any atom is 0.326 e. The van der Waals surface area contributed by atoms with E-state index in [0.717, 1.165) is 38.5 Å². The number of nitrogens with one attached hydrogen (secondary N) is 4. The van der Waals surface area contributed by atoms with E-state index < -0.39 is 18.0 Å². The Morgan fingerprint density at radius 3 is 1.54 bits per heavy atom. The minimum absolute atomic E-state index is 0.0238. The number of hydrogen-bond acceptors (Lipinski definition) is 10. The highest BCUT2D eigenvalue weighted by atomic mass is 16.6. The Labute approximate surface area is 296 Å². The smallest absolute Gasteiger partial charge is 0.326 e. The summed E-state index contributed by atoms with van der Waals surface area (Å²) in [6.07, 6.45) is 15.5. The van der Waals surface area contributed by atoms with Crippen LogP contribution in [0.4, 0.5) is 0 Å². The van der Waals surface area contributed by atoms with Crippen molar-refractivity contribution in [1.82, 2.24) is 21.3 Å². The molecule has 0 bridgehead atoms. The highest BCUT2D eigenvalue weighted by Gasteiger charge is 2.20. The van der Waals surface area contributed by atoms with Crippen LogP contribution in [0.2, 0.25) is 0 Å². The topological polar surface area (TPSA) is 231 Å². The number of carbonyl (C=O) groups is 6. The highest BCUT2D eigenvalue weighted by Crippen LogP contribution is 2.14. The van der Waals surface area contributed by atoms with Crippen molar-refractivity contribution < 1.29 is 53.3 Å². The molecule has 16 heteroatoms. The van der Waals surface area contributed by atoms with Gasteiger partial charge in [-0.15, -0.1) is 5.16 Å². The molecule has 0 aliphatic heterocycles. The maximum atomic E-state index is 12.3. The van der Waals surface area contributed by atoms with E-state index in [1.807, 2.05) is 0 Å². The second kappa shape index (κ2) is 33.7. The zero-order chi connectivity index (χ0) is 37.1. The van der Waals surface area contributed by atoms with E-state index in [1.54, 1.807) is 0 Å². The van der Waals surface area contributed by atoms with Crippen LogP contribution in [-0.4, -0.2) is 111 Å². The first-order chi connectivity index (χ1) is 24.1. The molecular weight excluding hydrogens is 654 g/mol. The molecule has 0 spiro atoms. The van der Waals surface area contributed by atoms with Crippen molar-refractivity contribution in [2.45, 2.75) is 122 Å². The molecule has 1 atom stereocenters. The third-order valence-corrected chi connectivity index (χ3v) is 7.57. The number of oxime groups is 1. The van der Waals surface area contributed by atoms with Crippen LogP contribution < -0.4 is 21.3 Å². The molecule has 0 radical (unpaired) electrons. The van der Waals surface area contributed by atoms with Crippen LogP contribution in [0.25, 0.3) is 0 Å². The molecule has 0 rings (SSSR count). The van der Waals surface area contributed by atoms with E-state index in [0.29, 0.717) is 6.42 Å². The normalized spacial score (nSPS) is 11.3. The number of carboxylic acid groups (broad SMARTS) is 2. The summed E-state index contributed by atoms with van der Waals surface area (Å²) in [7, 11) is 0. The van der Waals surface area contributed by atoms with Gasteiger partial charge in [0.15, 0.2) is 6.61 Å². The van der Waals surface area contributed by atoms with Gasteiger partial charge in [-0.25, -0.2) is 4.79 Å². The Morgan fingerprint density at radius 2 is 1.02 bits per heavy atom. The number of amides is 4. The first-order valence-corrected chi connectivity index (χ1v) is 17.9. The van der Waals surface area contributed by atoms with E-state index in [-0.39, 0.29) is 102 Å². The summed E-state index contributed by atoms with van der Waals surface area (Å²) in [5.41, 5.74) is 0. The van der Waals surface area contributed by atoms with Crippen LogP contribution in [0.5, 0.6) is 0 Å². The minimum Gasteiger partial charge on any atom is -0.481 e. The predicted octanol–water partition coefficient (Wildman–Crippen LogP) is 2.68. The number of carbonyl (C=O) groups excluding carboxylic acids is 4. The maximum absolute atomic E-state index is 12.3. The first kappa shape index (κ1) is 46.2. The van der Waals surface area contributed by atoms with Crippen LogP contribution in [-0.2, 0) is 43.1 Å². The van der Waals surface area contributed by atoms with Crippen molar-refractivity contribution >= 4 is 42.3 Å². The molecule has 0 aromatic rings. The van der Waals surface area contributed by atoms with E-state index in [2.05, 4.69) is 38.0 Å². The molecule has 0 aromatic heterocycles. The lowest BCUT2D eigenvalue weighted by molar-refractivity contribution is -0.142. The molecule has 4 amide bonds. The standard InChI is InChI=1S/C34H61N5O11/c1-35-50-27-32(43)37-21-20-36-31(42)26-49-25-24-48-23-22-38-29(40)19-18-28(34(46)47)39-30(41)16-14-12-10-8-6-4-2-3-5-7-9-11-13-15-17-33(44)45/h28H,1-27H2,(H,36,42)(H,37,43)(H,38,40)(H,39,41)(H,44,45)(H,46,47)/t28-/m0/s1. The third-order valence-electron chi connectivity index (χ3n) is 7.57. The number of hydrogen-bond donors (Lipinski definition) is 6. The molecule has 6 N–H and O–H groups in total. The summed E-state index contributed by atoms with van der Waals surface area (Å²) in [5.74, 6) is -3.32. The molecule has 0 unspecified atom stereocenters. The average molecular weight is 716 g/mol. The molecule has 50 heavy (non-hydrogen) atoms. The van der Waals surface area contributed by atoms with Gasteiger partial charge < -0.3 is 45.8 Å². The van der Waals surface area contributed by atoms with Gasteiger partial charge in [0, 0.05) is 45.6 Å². The van der Waals surface area contributed by atoms with Crippen molar-refractivity contribution in [2.75, 3.05) is 52.7 Å². The number of unbranched alkanes of at least 4 members (excludes halogenated alkanes) is 13. The molecule has 0 saturated heterocycles. The molecular formula is C34H61N5O11. The lowest BCUT2D eigenvalue weighted by atomic mass is 10.0. The average Bonchev–Trinajstić information content (AvgIpc) is 3.08. The van der Waals surface area contributed by atoms with Crippen molar-refractivity contribution in [2.24, 2.45) is 5.16 Å². The van der Waals surface area contributed by atoms with Crippen LogP contribution >= 0.6 is 0 Å². The number of nitrogens with zero attached hydrogens (tertiary/aromatic N) is 1. The molecule has 0 heterocycles. The van der Waals surface area contributed by atoms with Gasteiger partial charge in [0.05, 0.1) is 19.8 Å². The SMILES string of the molecule is C=NOCC(=O)NCCNC(=O)COCCOCCNC(=O)CC[C@H](NC(=O)CCCCCCCCCCCCCCCCC(=O)O)C(=O)O. The van der Waals surface area contributed by atoms with Gasteiger partial charge in [0.1, 0.15) is 12.6 Å². The fraction of sp³-hybridized carbons (Fsp3) is 0.794. The van der Waals surface area contributed by atoms with Crippen LogP contribution in [0.3, 0.4) is 0 Å². The summed E-state index contributed by atoms with van der Waals surface area (Å²) >= 11 is 0. The van der Waals surface area contributed by atoms with Gasteiger partial charge in [-0.3, -0.25) is 24.0 Å². The van der Waals surface area contributed by atoms with Gasteiger partial charge in [-0.05, 0) is 19.3 Å². The zero-order valence-electron chi connectivity index (χ0n) is 29.7. The van der Waals surface area contributed by atoms with Gasteiger partial charge in [0.2, 0.25) is 17.7 Å². The van der Waals surface area contributed by atoms with E-state index in [1.165, 1.54) is 44.9 Å². The predicted molar refractivity (Wildman–Crippen MR) is 186 cm³/mol. The van der Waals surface area contributed by atoms with Crippen LogP contribution in [0.15, 0.2) is 5.16 Å². The number of ether oxygens (including phenoxy) is 2. The van der Waals surface area contributed by atoms with E-state index in [9.17, 15) is 33.9 Å². The third kappa shape index (κ3) is 32.7. The Balaban J connectivity index is 3.70. The summed E-state index contributed by atoms with van der Waals surface area (Å²) < 4.78 is 10.5. The van der Waals surface area contributed by atoms with E-state index >= 15 is 0 Å². The molecule has 0 aromatic carbocycles. The second-order valence-electron chi connectivity index (χ2n) is 12.0. The monoisotopic (exact) mass is 715 g/mol. The Morgan fingerprint density at radius 1 is 0.540 bits per heavy atom. The molecule has 0 aliphatic carbocycles. The fourth-order valence-corrected chi connectivity index (χ4v) is 4.83. The minimum atomic E-state index is -1.18. The van der Waals surface area contributed by atoms with Gasteiger partial charge >= 0.3 is 11.9 Å². The number of rotatable bonds is 36.